The van der Waals surface area contributed by atoms with Gasteiger partial charge in [-0.3, -0.25) is 4.98 Å². The van der Waals surface area contributed by atoms with E-state index in [0.717, 1.165) is 12.0 Å². The zero-order chi connectivity index (χ0) is 9.97. The van der Waals surface area contributed by atoms with Crippen molar-refractivity contribution in [1.82, 2.24) is 10.3 Å². The lowest BCUT2D eigenvalue weighted by atomic mass is 10.1. The molecule has 0 saturated heterocycles. The average Bonchev–Trinajstić information content (AvgIpc) is 2.98. The molecule has 0 radical (unpaired) electrons. The molecule has 0 aromatic carbocycles. The Morgan fingerprint density at radius 1 is 1.64 bits per heavy atom. The Morgan fingerprint density at radius 3 is 3.07 bits per heavy atom. The minimum Gasteiger partial charge on any atom is -0.307 e. The largest absolute Gasteiger partial charge is 0.307 e. The second-order valence-electron chi connectivity index (χ2n) is 4.19. The third-order valence-electron chi connectivity index (χ3n) is 3.10. The molecule has 1 heterocycles. The van der Waals surface area contributed by atoms with E-state index >= 15 is 0 Å². The zero-order valence-electron chi connectivity index (χ0n) is 8.90. The molecule has 1 saturated carbocycles. The Hall–Kier alpha value is -0.890. The Labute approximate surface area is 85.7 Å². The standard InChI is InChI=1S/C12H18N2/c1-3-10-7-12(10)14-9(2)11-5-4-6-13-8-11/h4-6,8-10,12,14H,3,7H2,1-2H3. The lowest BCUT2D eigenvalue weighted by molar-refractivity contribution is 0.538. The summed E-state index contributed by atoms with van der Waals surface area (Å²) in [4.78, 5) is 4.13. The maximum absolute atomic E-state index is 4.13. The molecule has 0 aliphatic heterocycles. The van der Waals surface area contributed by atoms with E-state index in [9.17, 15) is 0 Å². The van der Waals surface area contributed by atoms with E-state index < -0.39 is 0 Å². The predicted octanol–water partition coefficient (Wildman–Crippen LogP) is 2.53. The Balaban J connectivity index is 1.88. The van der Waals surface area contributed by atoms with E-state index in [4.69, 9.17) is 0 Å². The summed E-state index contributed by atoms with van der Waals surface area (Å²) in [6.07, 6.45) is 6.42. The number of rotatable bonds is 4. The first kappa shape index (κ1) is 9.66. The van der Waals surface area contributed by atoms with Crippen molar-refractivity contribution < 1.29 is 0 Å². The van der Waals surface area contributed by atoms with Crippen molar-refractivity contribution in [2.24, 2.45) is 5.92 Å². The van der Waals surface area contributed by atoms with Crippen molar-refractivity contribution in [3.8, 4) is 0 Å². The van der Waals surface area contributed by atoms with Crippen LogP contribution in [0.1, 0.15) is 38.3 Å². The quantitative estimate of drug-likeness (QED) is 0.789. The third-order valence-corrected chi connectivity index (χ3v) is 3.10. The fourth-order valence-corrected chi connectivity index (χ4v) is 1.95. The van der Waals surface area contributed by atoms with Crippen molar-refractivity contribution >= 4 is 0 Å². The van der Waals surface area contributed by atoms with Gasteiger partial charge in [0.05, 0.1) is 0 Å². The molecule has 1 fully saturated rings. The highest BCUT2D eigenvalue weighted by Crippen LogP contribution is 2.34. The molecule has 14 heavy (non-hydrogen) atoms. The molecule has 1 N–H and O–H groups in total. The SMILES string of the molecule is CCC1CC1NC(C)c1cccnc1. The van der Waals surface area contributed by atoms with Crippen molar-refractivity contribution in [3.63, 3.8) is 0 Å². The van der Waals surface area contributed by atoms with Gasteiger partial charge in [0.1, 0.15) is 0 Å². The minimum atomic E-state index is 0.435. The molecule has 1 aliphatic carbocycles. The number of nitrogens with one attached hydrogen (secondary N) is 1. The van der Waals surface area contributed by atoms with Crippen LogP contribution in [-0.4, -0.2) is 11.0 Å². The lowest BCUT2D eigenvalue weighted by Crippen LogP contribution is -2.22. The average molecular weight is 190 g/mol. The van der Waals surface area contributed by atoms with Crippen molar-refractivity contribution in [1.29, 1.82) is 0 Å². The molecule has 0 spiro atoms. The van der Waals surface area contributed by atoms with Crippen LogP contribution in [0.25, 0.3) is 0 Å². The van der Waals surface area contributed by atoms with Crippen LogP contribution in [-0.2, 0) is 0 Å². The summed E-state index contributed by atoms with van der Waals surface area (Å²) in [7, 11) is 0. The molecule has 2 heteroatoms. The molecule has 2 rings (SSSR count). The molecule has 1 aromatic heterocycles. The Kier molecular flexibility index (Phi) is 2.82. The van der Waals surface area contributed by atoms with Crippen molar-refractivity contribution in [2.75, 3.05) is 0 Å². The Bertz CT molecular complexity index is 284. The molecule has 1 aromatic rings. The number of pyridine rings is 1. The number of hydrogen-bond acceptors (Lipinski definition) is 2. The Morgan fingerprint density at radius 2 is 2.50 bits per heavy atom. The zero-order valence-corrected chi connectivity index (χ0v) is 8.90. The summed E-state index contributed by atoms with van der Waals surface area (Å²) in [5, 5.41) is 3.63. The van der Waals surface area contributed by atoms with Gasteiger partial charge in [0.2, 0.25) is 0 Å². The molecule has 0 amide bonds. The smallest absolute Gasteiger partial charge is 0.0315 e. The van der Waals surface area contributed by atoms with Gasteiger partial charge in [0.25, 0.3) is 0 Å². The van der Waals surface area contributed by atoms with Crippen LogP contribution >= 0.6 is 0 Å². The van der Waals surface area contributed by atoms with Crippen LogP contribution in [0.4, 0.5) is 0 Å². The summed E-state index contributed by atoms with van der Waals surface area (Å²) in [6, 6.07) is 5.31. The summed E-state index contributed by atoms with van der Waals surface area (Å²) in [6.45, 7) is 4.48. The minimum absolute atomic E-state index is 0.435. The van der Waals surface area contributed by atoms with E-state index in [1.54, 1.807) is 0 Å². The van der Waals surface area contributed by atoms with E-state index in [2.05, 4.69) is 30.2 Å². The first-order valence-electron chi connectivity index (χ1n) is 5.47. The van der Waals surface area contributed by atoms with E-state index in [-0.39, 0.29) is 0 Å². The van der Waals surface area contributed by atoms with Gasteiger partial charge in [-0.15, -0.1) is 0 Å². The maximum Gasteiger partial charge on any atom is 0.0315 e. The normalized spacial score (nSPS) is 27.3. The number of nitrogens with zero attached hydrogens (tertiary/aromatic N) is 1. The molecule has 76 valence electrons. The van der Waals surface area contributed by atoms with Crippen LogP contribution in [0.5, 0.6) is 0 Å². The van der Waals surface area contributed by atoms with Gasteiger partial charge < -0.3 is 5.32 Å². The number of aromatic nitrogens is 1. The van der Waals surface area contributed by atoms with Crippen LogP contribution < -0.4 is 5.32 Å². The van der Waals surface area contributed by atoms with Gasteiger partial charge >= 0.3 is 0 Å². The van der Waals surface area contributed by atoms with Crippen LogP contribution in [0, 0.1) is 5.92 Å². The van der Waals surface area contributed by atoms with Gasteiger partial charge in [0.15, 0.2) is 0 Å². The van der Waals surface area contributed by atoms with Gasteiger partial charge in [-0.1, -0.05) is 19.4 Å². The van der Waals surface area contributed by atoms with Crippen LogP contribution in [0.15, 0.2) is 24.5 Å². The molecule has 1 aliphatic rings. The second kappa shape index (κ2) is 4.09. The first-order valence-corrected chi connectivity index (χ1v) is 5.47. The fourth-order valence-electron chi connectivity index (χ4n) is 1.95. The van der Waals surface area contributed by atoms with Crippen molar-refractivity contribution in [2.45, 2.75) is 38.8 Å². The molecule has 2 nitrogen and oxygen atoms in total. The maximum atomic E-state index is 4.13. The summed E-state index contributed by atoms with van der Waals surface area (Å²) in [5.74, 6) is 0.911. The van der Waals surface area contributed by atoms with Gasteiger partial charge in [-0.2, -0.15) is 0 Å². The molecule has 0 bridgehead atoms. The highest BCUT2D eigenvalue weighted by atomic mass is 15.0. The monoisotopic (exact) mass is 190 g/mol. The topological polar surface area (TPSA) is 24.9 Å². The van der Waals surface area contributed by atoms with Crippen LogP contribution in [0.3, 0.4) is 0 Å². The summed E-state index contributed by atoms with van der Waals surface area (Å²) in [5.41, 5.74) is 1.29. The molecule has 3 atom stereocenters. The van der Waals surface area contributed by atoms with E-state index in [1.165, 1.54) is 18.4 Å². The molecular formula is C12H18N2. The van der Waals surface area contributed by atoms with Gasteiger partial charge in [-0.05, 0) is 30.9 Å². The molecular weight excluding hydrogens is 172 g/mol. The fraction of sp³-hybridized carbons (Fsp3) is 0.583. The second-order valence-corrected chi connectivity index (χ2v) is 4.19. The molecule has 3 unspecified atom stereocenters. The third kappa shape index (κ3) is 2.13. The highest BCUT2D eigenvalue weighted by Gasteiger charge is 2.35. The summed E-state index contributed by atoms with van der Waals surface area (Å²) >= 11 is 0. The van der Waals surface area contributed by atoms with Crippen LogP contribution in [0.2, 0.25) is 0 Å². The lowest BCUT2D eigenvalue weighted by Gasteiger charge is -2.13. The number of hydrogen-bond donors (Lipinski definition) is 1. The van der Waals surface area contributed by atoms with E-state index in [0.29, 0.717) is 6.04 Å². The summed E-state index contributed by atoms with van der Waals surface area (Å²) < 4.78 is 0. The highest BCUT2D eigenvalue weighted by molar-refractivity contribution is 5.14. The van der Waals surface area contributed by atoms with Crippen molar-refractivity contribution in [3.05, 3.63) is 30.1 Å². The van der Waals surface area contributed by atoms with E-state index in [1.807, 2.05) is 18.5 Å². The van der Waals surface area contributed by atoms with Gasteiger partial charge in [0, 0.05) is 24.5 Å². The predicted molar refractivity (Wildman–Crippen MR) is 58.0 cm³/mol. The first-order chi connectivity index (χ1) is 6.81. The van der Waals surface area contributed by atoms with Gasteiger partial charge in [-0.25, -0.2) is 0 Å².